The van der Waals surface area contributed by atoms with Crippen LogP contribution in [0.5, 0.6) is 0 Å². The molecule has 34 nitrogen and oxygen atoms in total. The highest BCUT2D eigenvalue weighted by atomic mass is 32.2. The summed E-state index contributed by atoms with van der Waals surface area (Å²) in [5, 5.41) is 170. The number of aliphatic hydroxyl groups is 18. The summed E-state index contributed by atoms with van der Waals surface area (Å²) < 4.78 is 60.2. The molecule has 0 spiro atoms. The van der Waals surface area contributed by atoms with Gasteiger partial charge in [-0.1, -0.05) is 60.9 Å². The Kier molecular flexibility index (Phi) is 42.4. The molecule has 0 amide bonds. The molecule has 30 atom stereocenters. The van der Waals surface area contributed by atoms with Gasteiger partial charge in [-0.3, -0.25) is 19.2 Å². The van der Waals surface area contributed by atoms with Gasteiger partial charge in [0, 0.05) is 93.4 Å². The van der Waals surface area contributed by atoms with Crippen LogP contribution in [0.3, 0.4) is 0 Å². The summed E-state index contributed by atoms with van der Waals surface area (Å²) in [6.45, 7) is 9.26. The van der Waals surface area contributed by atoms with E-state index in [2.05, 4.69) is 0 Å². The SMILES string of the molecule is CCC1O[C@@H](OC)C(O)[C@@H](O)[C@@H]1O.CCC1O[C@H](OC)C(O)[C@@H](O)[C@@H]1O.CO[C@@H]1OC(CSC(C)=O)[C@@H](O)[C@H](O)C1O.CO[C@@H]1OC(CSC(C)=O)[C@H](O)[C@H](O)C1O.CO[C@H]1OC(CSC(C)=O)[C@@H](O)[C@H](O)C1O.CO[C@H]1OC(CSC(C)=O)[C@H](O)[C@H](O)C1O. The monoisotopic (exact) mass is 1390 g/mol. The molecule has 18 N–H and O–H groups in total. The molecule has 0 radical (unpaired) electrons. The second kappa shape index (κ2) is 43.9. The fourth-order valence-corrected chi connectivity index (χ4v) is 11.4. The second-order valence-electron chi connectivity index (χ2n) is 20.5. The van der Waals surface area contributed by atoms with Crippen LogP contribution >= 0.6 is 47.0 Å². The van der Waals surface area contributed by atoms with Gasteiger partial charge < -0.3 is 149 Å². The Labute approximate surface area is 537 Å². The number of hydrogen-bond donors (Lipinski definition) is 18. The highest BCUT2D eigenvalue weighted by Crippen LogP contribution is 2.29. The Morgan fingerprint density at radius 3 is 0.511 bits per heavy atom. The van der Waals surface area contributed by atoms with E-state index in [9.17, 15) is 111 Å². The summed E-state index contributed by atoms with van der Waals surface area (Å²) in [4.78, 5) is 43.1. The minimum Gasteiger partial charge on any atom is -0.388 e. The number of thioether (sulfide) groups is 4. The molecule has 6 saturated heterocycles. The van der Waals surface area contributed by atoms with Gasteiger partial charge in [0.1, 0.15) is 110 Å². The summed E-state index contributed by atoms with van der Waals surface area (Å²) in [6.07, 6.45) is -30.8. The molecule has 0 bridgehead atoms. The molecule has 6 aliphatic rings. The number of hydrogen-bond acceptors (Lipinski definition) is 38. The van der Waals surface area contributed by atoms with Gasteiger partial charge in [0.25, 0.3) is 0 Å². The third-order valence-corrected chi connectivity index (χ3v) is 17.6. The molecule has 38 heteroatoms. The zero-order valence-electron chi connectivity index (χ0n) is 51.8. The van der Waals surface area contributed by atoms with Gasteiger partial charge >= 0.3 is 0 Å². The van der Waals surface area contributed by atoms with E-state index in [1.807, 2.05) is 13.8 Å². The Morgan fingerprint density at radius 1 is 0.256 bits per heavy atom. The molecule has 12 unspecified atom stereocenters. The van der Waals surface area contributed by atoms with Crippen molar-refractivity contribution in [2.45, 2.75) is 239 Å². The number of methoxy groups -OCH3 is 6. The van der Waals surface area contributed by atoms with Gasteiger partial charge in [0.15, 0.2) is 58.2 Å². The first-order valence-electron chi connectivity index (χ1n) is 28.0. The Balaban J connectivity index is 0.000000541. The molecule has 0 aromatic carbocycles. The zero-order valence-corrected chi connectivity index (χ0v) is 55.0. The molecule has 6 aliphatic heterocycles. The molecular formula is C52H96O34S4. The lowest BCUT2D eigenvalue weighted by Crippen LogP contribution is -2.58. The summed E-state index contributed by atoms with van der Waals surface area (Å²) in [5.74, 6) is 0.834. The van der Waals surface area contributed by atoms with E-state index in [1.54, 1.807) is 0 Å². The molecule has 0 aliphatic carbocycles. The number of rotatable bonds is 16. The lowest BCUT2D eigenvalue weighted by Gasteiger charge is -2.39. The average Bonchev–Trinajstić information content (AvgIpc) is 1.13. The lowest BCUT2D eigenvalue weighted by atomic mass is 9.97. The first-order chi connectivity index (χ1) is 42.1. The number of carbonyl (C=O) groups excluding carboxylic acids is 4. The third kappa shape index (κ3) is 26.7. The van der Waals surface area contributed by atoms with Crippen molar-refractivity contribution in [1.29, 1.82) is 0 Å². The van der Waals surface area contributed by atoms with Crippen molar-refractivity contribution in [2.75, 3.05) is 65.7 Å². The van der Waals surface area contributed by atoms with E-state index < -0.39 is 184 Å². The van der Waals surface area contributed by atoms with Gasteiger partial charge in [-0.2, -0.15) is 0 Å². The van der Waals surface area contributed by atoms with Crippen LogP contribution in [0.2, 0.25) is 0 Å². The first kappa shape index (κ1) is 86.9. The van der Waals surface area contributed by atoms with E-state index in [-0.39, 0.29) is 43.5 Å². The summed E-state index contributed by atoms with van der Waals surface area (Å²) >= 11 is 3.94. The van der Waals surface area contributed by atoms with Crippen molar-refractivity contribution < 1.29 is 168 Å². The normalized spacial score (nSPS) is 41.6. The molecule has 90 heavy (non-hydrogen) atoms. The van der Waals surface area contributed by atoms with Crippen molar-refractivity contribution in [3.8, 4) is 0 Å². The fraction of sp³-hybridized carbons (Fsp3) is 0.923. The third-order valence-electron chi connectivity index (χ3n) is 14.0. The molecule has 6 rings (SSSR count). The second-order valence-corrected chi connectivity index (χ2v) is 25.3. The van der Waals surface area contributed by atoms with Crippen molar-refractivity contribution >= 4 is 67.5 Å². The predicted molar refractivity (Wildman–Crippen MR) is 315 cm³/mol. The van der Waals surface area contributed by atoms with E-state index in [4.69, 9.17) is 56.8 Å². The van der Waals surface area contributed by atoms with Crippen LogP contribution in [-0.2, 0) is 76.0 Å². The molecular weight excluding hydrogens is 1300 g/mol. The van der Waals surface area contributed by atoms with Crippen LogP contribution < -0.4 is 0 Å². The van der Waals surface area contributed by atoms with Crippen molar-refractivity contribution in [2.24, 2.45) is 0 Å². The van der Waals surface area contributed by atoms with Crippen molar-refractivity contribution in [3.05, 3.63) is 0 Å². The van der Waals surface area contributed by atoms with E-state index in [0.29, 0.717) is 12.8 Å². The van der Waals surface area contributed by atoms with Gasteiger partial charge in [-0.15, -0.1) is 0 Å². The number of carbonyl (C=O) groups is 4. The average molecular weight is 1390 g/mol. The molecule has 0 aromatic rings. The van der Waals surface area contributed by atoms with Gasteiger partial charge in [-0.25, -0.2) is 0 Å². The fourth-order valence-electron chi connectivity index (χ4n) is 8.69. The Bertz CT molecular complexity index is 1730. The summed E-state index contributed by atoms with van der Waals surface area (Å²) in [7, 11) is 8.07. The maximum absolute atomic E-state index is 10.8. The highest BCUT2D eigenvalue weighted by molar-refractivity contribution is 8.14. The number of aliphatic hydroxyl groups excluding tert-OH is 18. The van der Waals surface area contributed by atoms with Crippen LogP contribution in [0.1, 0.15) is 54.4 Å². The van der Waals surface area contributed by atoms with Crippen LogP contribution in [0.25, 0.3) is 0 Å². The van der Waals surface area contributed by atoms with E-state index in [1.165, 1.54) is 70.4 Å². The standard InChI is InChI=1S/4C9H16O6S.2C8H16O5/c4*1-4(10)16-3-5-6(11)7(12)8(13)9(14-2)15-5;2*1-3-4-5(9)6(10)7(11)8(12-2)13-4/h4*5-9,11-13H,3H2,1-2H3;2*4-11H,3H2,1-2H3/t5?,6-,7+,8?,9+;5?,6-,7+,8?,9-;5?,6-,7-,8?,9+;5?,6-,7-,8?,9-;4?,5-,6+,7?,8+;4?,5-,6+,7?,8-/m110011/s1. The molecule has 0 saturated carbocycles. The summed E-state index contributed by atoms with van der Waals surface area (Å²) in [5.41, 5.74) is 0. The predicted octanol–water partition coefficient (Wildman–Crippen LogP) is -7.42. The van der Waals surface area contributed by atoms with Crippen LogP contribution in [-0.4, -0.2) is 362 Å². The van der Waals surface area contributed by atoms with Gasteiger partial charge in [0.05, 0.1) is 36.6 Å². The molecule has 6 heterocycles. The highest BCUT2D eigenvalue weighted by Gasteiger charge is 2.48. The lowest BCUT2D eigenvalue weighted by molar-refractivity contribution is -0.290. The minimum absolute atomic E-state index is 0.106. The summed E-state index contributed by atoms with van der Waals surface area (Å²) in [6, 6.07) is 0. The van der Waals surface area contributed by atoms with Crippen molar-refractivity contribution in [1.82, 2.24) is 0 Å². The minimum atomic E-state index is -1.34. The van der Waals surface area contributed by atoms with Crippen LogP contribution in [0, 0.1) is 0 Å². The maximum Gasteiger partial charge on any atom is 0.186 e. The quantitative estimate of drug-likeness (QED) is 0.0683. The van der Waals surface area contributed by atoms with E-state index in [0.717, 1.165) is 47.0 Å². The van der Waals surface area contributed by atoms with Crippen molar-refractivity contribution in [3.63, 3.8) is 0 Å². The zero-order chi connectivity index (χ0) is 69.2. The first-order valence-corrected chi connectivity index (χ1v) is 31.9. The maximum atomic E-state index is 10.8. The van der Waals surface area contributed by atoms with Gasteiger partial charge in [-0.05, 0) is 12.8 Å². The largest absolute Gasteiger partial charge is 0.388 e. The molecule has 532 valence electrons. The van der Waals surface area contributed by atoms with E-state index >= 15 is 0 Å². The Hall–Kier alpha value is -1.12. The molecule has 6 fully saturated rings. The van der Waals surface area contributed by atoms with Crippen LogP contribution in [0.15, 0.2) is 0 Å². The smallest absolute Gasteiger partial charge is 0.186 e. The topological polar surface area (TPSA) is 543 Å². The molecule has 0 aromatic heterocycles. The van der Waals surface area contributed by atoms with Crippen LogP contribution in [0.4, 0.5) is 0 Å². The van der Waals surface area contributed by atoms with Gasteiger partial charge in [0.2, 0.25) is 0 Å². The number of ether oxygens (including phenoxy) is 12. The Morgan fingerprint density at radius 2 is 0.389 bits per heavy atom.